The summed E-state index contributed by atoms with van der Waals surface area (Å²) < 4.78 is 11.0. The van der Waals surface area contributed by atoms with Crippen molar-refractivity contribution < 1.29 is 9.47 Å². The predicted molar refractivity (Wildman–Crippen MR) is 114 cm³/mol. The highest BCUT2D eigenvalue weighted by Gasteiger charge is 2.30. The molecule has 7 nitrogen and oxygen atoms in total. The Kier molecular flexibility index (Phi) is 4.89. The summed E-state index contributed by atoms with van der Waals surface area (Å²) in [6.07, 6.45) is 6.84. The number of ether oxygens (including phenoxy) is 2. The number of aromatic nitrogens is 2. The van der Waals surface area contributed by atoms with Crippen LogP contribution < -0.4 is 14.5 Å². The first kappa shape index (κ1) is 18.1. The summed E-state index contributed by atoms with van der Waals surface area (Å²) in [6, 6.07) is 8.13. The Bertz CT molecular complexity index is 966. The number of fused-ring (bicyclic) bond motifs is 1. The van der Waals surface area contributed by atoms with Gasteiger partial charge in [0.25, 0.3) is 0 Å². The Balaban J connectivity index is 1.63. The lowest BCUT2D eigenvalue weighted by Gasteiger charge is -2.29. The van der Waals surface area contributed by atoms with Crippen molar-refractivity contribution in [2.45, 2.75) is 19.3 Å². The number of anilines is 2. The van der Waals surface area contributed by atoms with Crippen LogP contribution in [-0.2, 0) is 11.2 Å². The fourth-order valence-corrected chi connectivity index (χ4v) is 4.13. The molecule has 0 amide bonds. The number of morpholine rings is 1. The largest absolute Gasteiger partial charge is 0.497 e. The van der Waals surface area contributed by atoms with E-state index in [1.165, 1.54) is 11.3 Å². The zero-order valence-corrected chi connectivity index (χ0v) is 16.7. The lowest BCUT2D eigenvalue weighted by molar-refractivity contribution is 0.122. The number of hydrogen-bond acceptors (Lipinski definition) is 7. The molecule has 2 aromatic rings. The first-order chi connectivity index (χ1) is 14.3. The van der Waals surface area contributed by atoms with Gasteiger partial charge in [0.05, 0.1) is 26.0 Å². The van der Waals surface area contributed by atoms with Crippen molar-refractivity contribution in [2.75, 3.05) is 49.8 Å². The maximum absolute atomic E-state index is 5.53. The first-order valence-electron chi connectivity index (χ1n) is 10.2. The molecule has 0 bridgehead atoms. The quantitative estimate of drug-likeness (QED) is 0.798. The fourth-order valence-electron chi connectivity index (χ4n) is 4.13. The Hall–Kier alpha value is -2.93. The summed E-state index contributed by atoms with van der Waals surface area (Å²) in [5.74, 6) is 2.63. The van der Waals surface area contributed by atoms with Crippen molar-refractivity contribution in [3.63, 3.8) is 0 Å². The van der Waals surface area contributed by atoms with E-state index in [2.05, 4.69) is 26.9 Å². The van der Waals surface area contributed by atoms with Gasteiger partial charge >= 0.3 is 0 Å². The molecule has 1 aromatic carbocycles. The van der Waals surface area contributed by atoms with Crippen molar-refractivity contribution in [1.82, 2.24) is 9.97 Å². The molecule has 0 saturated carbocycles. The third kappa shape index (κ3) is 3.46. The third-order valence-electron chi connectivity index (χ3n) is 5.66. The van der Waals surface area contributed by atoms with Gasteiger partial charge in [-0.15, -0.1) is 0 Å². The van der Waals surface area contributed by atoms with Crippen LogP contribution in [0.5, 0.6) is 5.75 Å². The van der Waals surface area contributed by atoms with Crippen LogP contribution in [0.25, 0.3) is 11.3 Å². The average molecular weight is 391 g/mol. The summed E-state index contributed by atoms with van der Waals surface area (Å²) >= 11 is 0. The topological polar surface area (TPSA) is 63.1 Å². The number of nitrogens with zero attached hydrogens (tertiary/aromatic N) is 5. The lowest BCUT2D eigenvalue weighted by atomic mass is 10.1. The molecule has 0 spiro atoms. The molecule has 3 aliphatic rings. The van der Waals surface area contributed by atoms with E-state index in [4.69, 9.17) is 19.4 Å². The van der Waals surface area contributed by atoms with E-state index in [-0.39, 0.29) is 0 Å². The Labute approximate surface area is 170 Å². The van der Waals surface area contributed by atoms with Crippen LogP contribution in [0.1, 0.15) is 18.4 Å². The molecule has 0 atom stereocenters. The van der Waals surface area contributed by atoms with E-state index >= 15 is 0 Å². The summed E-state index contributed by atoms with van der Waals surface area (Å²) in [6.45, 7) is 3.94. The molecular weight excluding hydrogens is 366 g/mol. The van der Waals surface area contributed by atoms with Crippen LogP contribution in [0.2, 0.25) is 0 Å². The lowest BCUT2D eigenvalue weighted by Crippen LogP contribution is -2.37. The minimum atomic E-state index is 0.707. The highest BCUT2D eigenvalue weighted by molar-refractivity contribution is 5.75. The maximum atomic E-state index is 5.53. The zero-order chi connectivity index (χ0) is 19.6. The Morgan fingerprint density at radius 1 is 1.07 bits per heavy atom. The van der Waals surface area contributed by atoms with E-state index in [1.54, 1.807) is 7.11 Å². The van der Waals surface area contributed by atoms with Crippen LogP contribution >= 0.6 is 0 Å². The monoisotopic (exact) mass is 391 g/mol. The summed E-state index contributed by atoms with van der Waals surface area (Å²) in [5.41, 5.74) is 4.49. The number of aliphatic imine (C=N–C) groups is 1. The highest BCUT2D eigenvalue weighted by atomic mass is 16.5. The van der Waals surface area contributed by atoms with Gasteiger partial charge in [0.2, 0.25) is 5.95 Å². The molecule has 1 saturated heterocycles. The highest BCUT2D eigenvalue weighted by Crippen LogP contribution is 2.39. The number of hydrogen-bond donors (Lipinski definition) is 0. The molecule has 4 heterocycles. The van der Waals surface area contributed by atoms with Crippen LogP contribution in [-0.4, -0.2) is 56.1 Å². The summed E-state index contributed by atoms with van der Waals surface area (Å²) in [4.78, 5) is 19.0. The second-order valence-electron chi connectivity index (χ2n) is 7.40. The van der Waals surface area contributed by atoms with Crippen LogP contribution in [0.15, 0.2) is 41.2 Å². The van der Waals surface area contributed by atoms with Gasteiger partial charge in [-0.25, -0.2) is 4.98 Å². The molecule has 0 unspecified atom stereocenters. The van der Waals surface area contributed by atoms with E-state index < -0.39 is 0 Å². The molecule has 5 rings (SSSR count). The molecule has 1 fully saturated rings. The summed E-state index contributed by atoms with van der Waals surface area (Å²) in [7, 11) is 1.69. The smallest absolute Gasteiger partial charge is 0.228 e. The third-order valence-corrected chi connectivity index (χ3v) is 5.66. The fraction of sp³-hybridized carbons (Fsp3) is 0.409. The van der Waals surface area contributed by atoms with Crippen molar-refractivity contribution in [3.05, 3.63) is 41.7 Å². The Morgan fingerprint density at radius 3 is 2.76 bits per heavy atom. The molecule has 29 heavy (non-hydrogen) atoms. The van der Waals surface area contributed by atoms with E-state index in [0.29, 0.717) is 13.2 Å². The van der Waals surface area contributed by atoms with E-state index in [9.17, 15) is 0 Å². The second kappa shape index (κ2) is 7.83. The minimum absolute atomic E-state index is 0.707. The molecule has 0 aliphatic carbocycles. The van der Waals surface area contributed by atoms with Gasteiger partial charge < -0.3 is 19.3 Å². The van der Waals surface area contributed by atoms with Crippen molar-refractivity contribution in [2.24, 2.45) is 4.99 Å². The molecule has 3 aliphatic heterocycles. The number of benzene rings is 1. The number of methoxy groups -OCH3 is 1. The first-order valence-corrected chi connectivity index (χ1v) is 10.2. The summed E-state index contributed by atoms with van der Waals surface area (Å²) in [5, 5.41) is 0. The standard InChI is InChI=1S/C22H25N5O2/c1-28-18-6-2-4-16(14-18)20-19-7-9-27(17-5-3-8-23-15-17)21(19)25-22(24-20)26-10-12-29-13-11-26/h2,4,6,8,14-15H,3,5,7,9-13H2,1H3. The van der Waals surface area contributed by atoms with Crippen molar-refractivity contribution >= 4 is 18.0 Å². The maximum Gasteiger partial charge on any atom is 0.228 e. The molecule has 0 N–H and O–H groups in total. The van der Waals surface area contributed by atoms with Gasteiger partial charge in [-0.1, -0.05) is 12.1 Å². The van der Waals surface area contributed by atoms with Crippen LogP contribution in [0, 0.1) is 0 Å². The van der Waals surface area contributed by atoms with Gasteiger partial charge in [-0.3, -0.25) is 4.99 Å². The number of rotatable bonds is 4. The van der Waals surface area contributed by atoms with Crippen LogP contribution in [0.3, 0.4) is 0 Å². The average Bonchev–Trinajstić information content (AvgIpc) is 3.24. The molecule has 150 valence electrons. The molecule has 1 aromatic heterocycles. The van der Waals surface area contributed by atoms with Crippen molar-refractivity contribution in [1.29, 1.82) is 0 Å². The van der Waals surface area contributed by atoms with E-state index in [0.717, 1.165) is 67.7 Å². The van der Waals surface area contributed by atoms with Crippen LogP contribution in [0.4, 0.5) is 11.8 Å². The van der Waals surface area contributed by atoms with Gasteiger partial charge in [0, 0.05) is 48.9 Å². The van der Waals surface area contributed by atoms with Gasteiger partial charge in [0.1, 0.15) is 11.6 Å². The molecule has 7 heteroatoms. The van der Waals surface area contributed by atoms with Gasteiger partial charge in [0.15, 0.2) is 0 Å². The van der Waals surface area contributed by atoms with Crippen molar-refractivity contribution in [3.8, 4) is 17.0 Å². The normalized spacial score (nSPS) is 18.6. The molecule has 0 radical (unpaired) electrons. The minimum Gasteiger partial charge on any atom is -0.497 e. The van der Waals surface area contributed by atoms with Gasteiger partial charge in [-0.05, 0) is 31.4 Å². The molecular formula is C22H25N5O2. The number of allylic oxidation sites excluding steroid dienone is 1. The second-order valence-corrected chi connectivity index (χ2v) is 7.40. The van der Waals surface area contributed by atoms with Gasteiger partial charge in [-0.2, -0.15) is 4.98 Å². The SMILES string of the molecule is COc1cccc(-c2nc(N3CCOCC3)nc3c2CCN3C2=CN=CCC2)c1. The zero-order valence-electron chi connectivity index (χ0n) is 16.7. The van der Waals surface area contributed by atoms with E-state index in [1.807, 2.05) is 24.5 Å². The Morgan fingerprint density at radius 2 is 1.97 bits per heavy atom. The predicted octanol–water partition coefficient (Wildman–Crippen LogP) is 3.06.